The van der Waals surface area contributed by atoms with Gasteiger partial charge in [0, 0.05) is 11.7 Å². The van der Waals surface area contributed by atoms with Gasteiger partial charge in [0.05, 0.1) is 6.04 Å². The molecular formula is C16H14ClF3N2O. The number of nitrogens with two attached hydrogens (primary N) is 1. The molecule has 0 saturated heterocycles. The molecular weight excluding hydrogens is 329 g/mol. The van der Waals surface area contributed by atoms with Crippen LogP contribution in [0.15, 0.2) is 54.7 Å². The first-order chi connectivity index (χ1) is 10.4. The number of H-pyrrole nitrogens is 1. The zero-order valence-corrected chi connectivity index (χ0v) is 12.6. The summed E-state index contributed by atoms with van der Waals surface area (Å²) in [5.74, 6) is -0.260. The van der Waals surface area contributed by atoms with Crippen LogP contribution in [0.2, 0.25) is 0 Å². The number of hydrogen-bond acceptors (Lipinski definition) is 2. The second-order valence-electron chi connectivity index (χ2n) is 4.92. The third-order valence-corrected chi connectivity index (χ3v) is 3.41. The Morgan fingerprint density at radius 3 is 2.26 bits per heavy atom. The van der Waals surface area contributed by atoms with E-state index in [1.54, 1.807) is 0 Å². The van der Waals surface area contributed by atoms with E-state index in [0.717, 1.165) is 16.5 Å². The summed E-state index contributed by atoms with van der Waals surface area (Å²) in [5.41, 5.74) is 8.78. The maximum Gasteiger partial charge on any atom is 0.573 e. The fourth-order valence-electron chi connectivity index (χ4n) is 2.33. The molecule has 122 valence electrons. The molecule has 0 fully saturated rings. The molecule has 0 aliphatic rings. The fourth-order valence-corrected chi connectivity index (χ4v) is 2.33. The Bertz CT molecular complexity index is 784. The van der Waals surface area contributed by atoms with E-state index in [4.69, 9.17) is 5.73 Å². The van der Waals surface area contributed by atoms with Gasteiger partial charge >= 0.3 is 6.36 Å². The van der Waals surface area contributed by atoms with Crippen LogP contribution in [-0.2, 0) is 0 Å². The Hall–Kier alpha value is -2.18. The van der Waals surface area contributed by atoms with E-state index in [9.17, 15) is 13.2 Å². The van der Waals surface area contributed by atoms with Crippen LogP contribution in [0.3, 0.4) is 0 Å². The first-order valence-corrected chi connectivity index (χ1v) is 6.61. The number of aromatic amines is 1. The molecule has 0 radical (unpaired) electrons. The highest BCUT2D eigenvalue weighted by Crippen LogP contribution is 2.27. The molecule has 1 aromatic heterocycles. The summed E-state index contributed by atoms with van der Waals surface area (Å²) in [4.78, 5) is 3.09. The van der Waals surface area contributed by atoms with Gasteiger partial charge in [-0.3, -0.25) is 0 Å². The van der Waals surface area contributed by atoms with Gasteiger partial charge in [-0.1, -0.05) is 18.2 Å². The van der Waals surface area contributed by atoms with Gasteiger partial charge in [-0.15, -0.1) is 25.6 Å². The summed E-state index contributed by atoms with van der Waals surface area (Å²) in [6, 6.07) is 12.9. The Morgan fingerprint density at radius 1 is 0.957 bits per heavy atom. The largest absolute Gasteiger partial charge is 0.573 e. The van der Waals surface area contributed by atoms with Crippen molar-refractivity contribution in [3.8, 4) is 5.75 Å². The van der Waals surface area contributed by atoms with Gasteiger partial charge in [0.2, 0.25) is 0 Å². The molecule has 0 aliphatic carbocycles. The molecule has 0 bridgehead atoms. The zero-order valence-electron chi connectivity index (χ0n) is 11.8. The second kappa shape index (κ2) is 6.52. The molecule has 3 rings (SSSR count). The SMILES string of the molecule is Cl.N[C@@H](c1ccc(OC(F)(F)F)cc1)c1ccc2[nH]ccc2c1. The van der Waals surface area contributed by atoms with Crippen molar-refractivity contribution < 1.29 is 17.9 Å². The number of halogens is 4. The minimum Gasteiger partial charge on any atom is -0.406 e. The maximum atomic E-state index is 12.1. The van der Waals surface area contributed by atoms with Gasteiger partial charge in [0.25, 0.3) is 0 Å². The smallest absolute Gasteiger partial charge is 0.406 e. The van der Waals surface area contributed by atoms with Crippen molar-refractivity contribution in [2.75, 3.05) is 0 Å². The molecule has 0 aliphatic heterocycles. The van der Waals surface area contributed by atoms with Crippen molar-refractivity contribution in [1.29, 1.82) is 0 Å². The van der Waals surface area contributed by atoms with Crippen molar-refractivity contribution >= 4 is 23.3 Å². The molecule has 1 heterocycles. The quantitative estimate of drug-likeness (QED) is 0.734. The summed E-state index contributed by atoms with van der Waals surface area (Å²) in [6.07, 6.45) is -2.85. The van der Waals surface area contributed by atoms with Crippen LogP contribution >= 0.6 is 12.4 Å². The zero-order chi connectivity index (χ0) is 15.7. The van der Waals surface area contributed by atoms with E-state index in [2.05, 4.69) is 9.72 Å². The van der Waals surface area contributed by atoms with Crippen molar-refractivity contribution in [2.45, 2.75) is 12.4 Å². The molecule has 7 heteroatoms. The molecule has 3 nitrogen and oxygen atoms in total. The lowest BCUT2D eigenvalue weighted by Gasteiger charge is -2.14. The summed E-state index contributed by atoms with van der Waals surface area (Å²) in [6.45, 7) is 0. The molecule has 0 spiro atoms. The summed E-state index contributed by atoms with van der Waals surface area (Å²) in [5, 5.41) is 1.03. The Balaban J connectivity index is 0.00000192. The number of alkyl halides is 3. The van der Waals surface area contributed by atoms with Crippen molar-refractivity contribution in [1.82, 2.24) is 4.98 Å². The molecule has 0 unspecified atom stereocenters. The fraction of sp³-hybridized carbons (Fsp3) is 0.125. The van der Waals surface area contributed by atoms with Gasteiger partial charge < -0.3 is 15.5 Å². The van der Waals surface area contributed by atoms with Crippen LogP contribution in [-0.4, -0.2) is 11.3 Å². The highest BCUT2D eigenvalue weighted by Gasteiger charge is 2.31. The van der Waals surface area contributed by atoms with Crippen LogP contribution < -0.4 is 10.5 Å². The first kappa shape index (κ1) is 17.2. The van der Waals surface area contributed by atoms with Gasteiger partial charge in [-0.05, 0) is 46.8 Å². The number of rotatable bonds is 3. The first-order valence-electron chi connectivity index (χ1n) is 6.61. The molecule has 1 atom stereocenters. The van der Waals surface area contributed by atoms with Gasteiger partial charge in [-0.2, -0.15) is 0 Å². The second-order valence-corrected chi connectivity index (χ2v) is 4.92. The van der Waals surface area contributed by atoms with Gasteiger partial charge in [-0.25, -0.2) is 0 Å². The van der Waals surface area contributed by atoms with E-state index in [1.165, 1.54) is 24.3 Å². The molecule has 0 saturated carbocycles. The summed E-state index contributed by atoms with van der Waals surface area (Å²) >= 11 is 0. The lowest BCUT2D eigenvalue weighted by Crippen LogP contribution is -2.17. The Kier molecular flexibility index (Phi) is 4.87. The van der Waals surface area contributed by atoms with E-state index in [0.29, 0.717) is 5.56 Å². The molecule has 23 heavy (non-hydrogen) atoms. The predicted molar refractivity (Wildman–Crippen MR) is 84.7 cm³/mol. The van der Waals surface area contributed by atoms with E-state index in [1.807, 2.05) is 30.5 Å². The average Bonchev–Trinajstić information content (AvgIpc) is 2.93. The van der Waals surface area contributed by atoms with E-state index in [-0.39, 0.29) is 18.2 Å². The van der Waals surface area contributed by atoms with Gasteiger partial charge in [0.15, 0.2) is 0 Å². The average molecular weight is 343 g/mol. The predicted octanol–water partition coefficient (Wildman–Crippen LogP) is 4.54. The molecule has 3 N–H and O–H groups in total. The number of benzene rings is 2. The van der Waals surface area contributed by atoms with Crippen LogP contribution in [0.4, 0.5) is 13.2 Å². The number of hydrogen-bond donors (Lipinski definition) is 2. The van der Waals surface area contributed by atoms with Crippen molar-refractivity contribution in [3.05, 3.63) is 65.9 Å². The highest BCUT2D eigenvalue weighted by molar-refractivity contribution is 5.85. The molecule has 2 aromatic carbocycles. The lowest BCUT2D eigenvalue weighted by molar-refractivity contribution is -0.274. The topological polar surface area (TPSA) is 51.0 Å². The molecule has 0 amide bonds. The number of aromatic nitrogens is 1. The normalized spacial score (nSPS) is 12.7. The van der Waals surface area contributed by atoms with E-state index < -0.39 is 12.4 Å². The lowest BCUT2D eigenvalue weighted by atomic mass is 9.98. The number of ether oxygens (including phenoxy) is 1. The van der Waals surface area contributed by atoms with Crippen molar-refractivity contribution in [2.24, 2.45) is 5.73 Å². The monoisotopic (exact) mass is 342 g/mol. The third kappa shape index (κ3) is 3.97. The van der Waals surface area contributed by atoms with E-state index >= 15 is 0 Å². The summed E-state index contributed by atoms with van der Waals surface area (Å²) < 4.78 is 40.2. The minimum atomic E-state index is -4.69. The van der Waals surface area contributed by atoms with Crippen LogP contribution in [0.1, 0.15) is 17.2 Å². The summed E-state index contributed by atoms with van der Waals surface area (Å²) in [7, 11) is 0. The standard InChI is InChI=1S/C16H13F3N2O.ClH/c17-16(18,19)22-13-4-1-10(2-5-13)15(20)12-3-6-14-11(9-12)7-8-21-14;/h1-9,15,21H,20H2;1H/t15-;/m0./s1. The maximum absolute atomic E-state index is 12.1. The Labute approximate surface area is 136 Å². The van der Waals surface area contributed by atoms with Crippen LogP contribution in [0.25, 0.3) is 10.9 Å². The third-order valence-electron chi connectivity index (χ3n) is 3.41. The number of nitrogens with one attached hydrogen (secondary N) is 1. The van der Waals surface area contributed by atoms with Crippen molar-refractivity contribution in [3.63, 3.8) is 0 Å². The van der Waals surface area contributed by atoms with Crippen LogP contribution in [0.5, 0.6) is 5.75 Å². The Morgan fingerprint density at radius 2 is 1.61 bits per heavy atom. The minimum absolute atomic E-state index is 0. The molecule has 3 aromatic rings. The highest BCUT2D eigenvalue weighted by atomic mass is 35.5. The van der Waals surface area contributed by atoms with Crippen LogP contribution in [0, 0.1) is 0 Å². The number of fused-ring (bicyclic) bond motifs is 1. The van der Waals surface area contributed by atoms with Gasteiger partial charge in [0.1, 0.15) is 5.75 Å².